The molecule has 0 saturated carbocycles. The Morgan fingerprint density at radius 1 is 1.02 bits per heavy atom. The first kappa shape index (κ1) is 27.6. The van der Waals surface area contributed by atoms with Gasteiger partial charge in [0, 0.05) is 19.7 Å². The van der Waals surface area contributed by atoms with Gasteiger partial charge in [-0.1, -0.05) is 54.5 Å². The van der Waals surface area contributed by atoms with Crippen molar-refractivity contribution in [1.29, 1.82) is 0 Å². The van der Waals surface area contributed by atoms with Gasteiger partial charge < -0.3 is 24.4 Å². The zero-order valence-electron chi connectivity index (χ0n) is 23.4. The van der Waals surface area contributed by atoms with E-state index in [1.165, 1.54) is 0 Å². The monoisotopic (exact) mass is 563 g/mol. The van der Waals surface area contributed by atoms with Crippen molar-refractivity contribution in [2.45, 2.75) is 69.4 Å². The van der Waals surface area contributed by atoms with Crippen molar-refractivity contribution in [1.82, 2.24) is 24.8 Å². The number of hydrogen-bond donors (Lipinski definition) is 1. The highest BCUT2D eigenvalue weighted by molar-refractivity contribution is 5.99. The maximum Gasteiger partial charge on any atom is 0.313 e. The summed E-state index contributed by atoms with van der Waals surface area (Å²) < 4.78 is 14.1. The van der Waals surface area contributed by atoms with Crippen LogP contribution in [-0.4, -0.2) is 91.2 Å². The van der Waals surface area contributed by atoms with Crippen LogP contribution in [0.4, 0.5) is 0 Å². The fraction of sp³-hybridized carbons (Fsp3) is 0.567. The number of likely N-dealkylation sites (tertiary alicyclic amines) is 1. The van der Waals surface area contributed by atoms with Gasteiger partial charge in [-0.3, -0.25) is 14.4 Å². The smallest absolute Gasteiger partial charge is 0.313 e. The maximum atomic E-state index is 14.5. The molecule has 0 bridgehead atoms. The molecule has 4 aliphatic heterocycles. The molecule has 1 unspecified atom stereocenters. The fourth-order valence-corrected chi connectivity index (χ4v) is 6.98. The van der Waals surface area contributed by atoms with Crippen LogP contribution in [0.3, 0.4) is 0 Å². The van der Waals surface area contributed by atoms with Crippen LogP contribution >= 0.6 is 0 Å². The quantitative estimate of drug-likeness (QED) is 0.294. The molecule has 1 N–H and O–H groups in total. The van der Waals surface area contributed by atoms with E-state index >= 15 is 0 Å². The van der Waals surface area contributed by atoms with Crippen LogP contribution in [0, 0.1) is 11.8 Å². The number of amides is 2. The second-order valence-corrected chi connectivity index (χ2v) is 11.6. The Bertz CT molecular complexity index is 1390. The number of fused-ring (bicyclic) bond motifs is 3. The van der Waals surface area contributed by atoms with Gasteiger partial charge in [0.05, 0.1) is 23.6 Å². The molecule has 1 aromatic carbocycles. The maximum absolute atomic E-state index is 14.5. The van der Waals surface area contributed by atoms with Crippen LogP contribution in [0.5, 0.6) is 0 Å². The first-order valence-electron chi connectivity index (χ1n) is 14.6. The molecule has 2 aromatic rings. The van der Waals surface area contributed by atoms with Gasteiger partial charge in [-0.15, -0.1) is 5.10 Å². The molecule has 41 heavy (non-hydrogen) atoms. The lowest BCUT2D eigenvalue weighted by Gasteiger charge is -2.37. The molecule has 5 atom stereocenters. The van der Waals surface area contributed by atoms with Gasteiger partial charge in [-0.05, 0) is 44.7 Å². The summed E-state index contributed by atoms with van der Waals surface area (Å²) >= 11 is 0. The number of esters is 1. The Labute approximate surface area is 238 Å². The normalized spacial score (nSPS) is 32.1. The number of unbranched alkanes of at least 4 members (excludes halogenated alkanes) is 3. The van der Waals surface area contributed by atoms with E-state index in [0.29, 0.717) is 32.4 Å². The largest absolute Gasteiger partial charge is 0.465 e. The second-order valence-electron chi connectivity index (χ2n) is 11.6. The summed E-state index contributed by atoms with van der Waals surface area (Å²) in [5.74, 6) is -2.75. The zero-order chi connectivity index (χ0) is 28.6. The van der Waals surface area contributed by atoms with E-state index in [1.807, 2.05) is 55.5 Å². The van der Waals surface area contributed by atoms with E-state index in [2.05, 4.69) is 10.3 Å². The molecule has 11 heteroatoms. The number of aromatic nitrogens is 3. The lowest BCUT2D eigenvalue weighted by molar-refractivity contribution is -0.160. The van der Waals surface area contributed by atoms with E-state index in [1.54, 1.807) is 14.5 Å². The minimum atomic E-state index is -1.32. The third kappa shape index (κ3) is 4.64. The first-order chi connectivity index (χ1) is 19.9. The van der Waals surface area contributed by atoms with E-state index in [-0.39, 0.29) is 31.7 Å². The van der Waals surface area contributed by atoms with Gasteiger partial charge in [-0.2, -0.15) is 0 Å². The number of aliphatic hydroxyl groups is 1. The fourth-order valence-electron chi connectivity index (χ4n) is 6.98. The Hall–Kier alpha value is -3.57. The van der Waals surface area contributed by atoms with Crippen LogP contribution in [-0.2, 0) is 30.5 Å². The molecule has 2 saturated heterocycles. The highest BCUT2D eigenvalue weighted by Gasteiger charge is 2.74. The van der Waals surface area contributed by atoms with Gasteiger partial charge in [0.25, 0.3) is 5.91 Å². The van der Waals surface area contributed by atoms with Gasteiger partial charge in [-0.25, -0.2) is 4.68 Å². The van der Waals surface area contributed by atoms with Crippen molar-refractivity contribution in [3.05, 3.63) is 48.6 Å². The number of nitrogens with zero attached hydrogens (tertiary/aromatic N) is 5. The first-order valence-corrected chi connectivity index (χ1v) is 14.6. The molecule has 4 aliphatic rings. The molecular formula is C30H37N5O6. The van der Waals surface area contributed by atoms with Crippen molar-refractivity contribution in [3.8, 4) is 0 Å². The average molecular weight is 564 g/mol. The van der Waals surface area contributed by atoms with Gasteiger partial charge in [0.1, 0.15) is 29.7 Å². The summed E-state index contributed by atoms with van der Waals surface area (Å²) in [5.41, 5.74) is -0.890. The molecule has 2 amide bonds. The Balaban J connectivity index is 1.38. The molecule has 2 fully saturated rings. The van der Waals surface area contributed by atoms with E-state index < -0.39 is 35.0 Å². The van der Waals surface area contributed by atoms with E-state index in [9.17, 15) is 19.5 Å². The standard InChI is InChI=1S/C30H37N5O6/c1-29-14-7-4-10-19-40-28(39)24(29)23-26(37)34(17-8-2-3-9-18-36)25-27(38)33(16-11-15-30(23,25)41-29)20-35-22-13-6-5-12-21(22)31-32-35/h5-7,11-15,23-25,36H,2-4,8-10,16-20H2,1H3/b14-7-/t23-,24+,25?,29-,30-/m0/s1. The minimum Gasteiger partial charge on any atom is -0.465 e. The molecule has 11 nitrogen and oxygen atoms in total. The third-order valence-corrected chi connectivity index (χ3v) is 8.87. The molecule has 6 rings (SSSR count). The molecule has 218 valence electrons. The number of carbonyl (C=O) groups excluding carboxylic acids is 3. The van der Waals surface area contributed by atoms with Crippen LogP contribution < -0.4 is 0 Å². The van der Waals surface area contributed by atoms with E-state index in [4.69, 9.17) is 9.47 Å². The molecule has 1 aromatic heterocycles. The lowest BCUT2D eigenvalue weighted by atomic mass is 9.74. The highest BCUT2D eigenvalue weighted by atomic mass is 16.6. The molecular weight excluding hydrogens is 526 g/mol. The van der Waals surface area contributed by atoms with Crippen molar-refractivity contribution >= 4 is 28.8 Å². The predicted octanol–water partition coefficient (Wildman–Crippen LogP) is 2.20. The summed E-state index contributed by atoms with van der Waals surface area (Å²) in [4.78, 5) is 45.6. The van der Waals surface area contributed by atoms with Gasteiger partial charge in [0.15, 0.2) is 0 Å². The molecule has 5 heterocycles. The number of benzene rings is 1. The van der Waals surface area contributed by atoms with Gasteiger partial charge >= 0.3 is 5.97 Å². The van der Waals surface area contributed by atoms with Crippen molar-refractivity contribution in [2.75, 3.05) is 26.3 Å². The summed E-state index contributed by atoms with van der Waals surface area (Å²) in [7, 11) is 0. The van der Waals surface area contributed by atoms with Crippen LogP contribution in [0.1, 0.15) is 45.4 Å². The summed E-state index contributed by atoms with van der Waals surface area (Å²) in [5, 5.41) is 17.7. The second kappa shape index (κ2) is 11.0. The zero-order valence-corrected chi connectivity index (χ0v) is 23.4. The Morgan fingerprint density at radius 2 is 1.85 bits per heavy atom. The van der Waals surface area contributed by atoms with E-state index in [0.717, 1.165) is 30.3 Å². The number of rotatable bonds is 8. The molecule has 0 aliphatic carbocycles. The van der Waals surface area contributed by atoms with Crippen LogP contribution in [0.2, 0.25) is 0 Å². The van der Waals surface area contributed by atoms with Crippen LogP contribution in [0.25, 0.3) is 11.0 Å². The van der Waals surface area contributed by atoms with Crippen molar-refractivity contribution in [3.63, 3.8) is 0 Å². The number of allylic oxidation sites excluding steroid dienone is 1. The minimum absolute atomic E-state index is 0.120. The number of para-hydroxylation sites is 1. The highest BCUT2D eigenvalue weighted by Crippen LogP contribution is 2.57. The predicted molar refractivity (Wildman–Crippen MR) is 148 cm³/mol. The van der Waals surface area contributed by atoms with Crippen molar-refractivity contribution < 1.29 is 29.0 Å². The molecule has 1 spiro atoms. The number of ether oxygens (including phenoxy) is 2. The van der Waals surface area contributed by atoms with Gasteiger partial charge in [0.2, 0.25) is 5.91 Å². The SMILES string of the molecule is C[C@]12/C=C\CCCOC(=O)[C@H]1[C@H]1C(=O)N(CCCCCCO)C3C(=O)N(Cn4nnc5ccccc54)CC=C[C@@]31O2. The number of hydrogen-bond acceptors (Lipinski definition) is 8. The average Bonchev–Trinajstić information content (AvgIpc) is 3.53. The summed E-state index contributed by atoms with van der Waals surface area (Å²) in [6, 6.07) is 6.61. The van der Waals surface area contributed by atoms with Crippen molar-refractivity contribution in [2.24, 2.45) is 11.8 Å². The topological polar surface area (TPSA) is 127 Å². The number of cyclic esters (lactones) is 1. The number of aliphatic hydroxyl groups excluding tert-OH is 1. The number of carbonyl (C=O) groups is 3. The summed E-state index contributed by atoms with van der Waals surface area (Å²) in [6.07, 6.45) is 12.0. The van der Waals surface area contributed by atoms with Crippen LogP contribution in [0.15, 0.2) is 48.6 Å². The molecule has 0 radical (unpaired) electrons. The summed E-state index contributed by atoms with van der Waals surface area (Å²) in [6.45, 7) is 3.01. The lowest BCUT2D eigenvalue weighted by Crippen LogP contribution is -2.56. The Kier molecular flexibility index (Phi) is 7.41. The third-order valence-electron chi connectivity index (χ3n) is 8.87. The Morgan fingerprint density at radius 3 is 2.71 bits per heavy atom.